The van der Waals surface area contributed by atoms with Gasteiger partial charge in [-0.05, 0) is 55.0 Å². The van der Waals surface area contributed by atoms with E-state index in [2.05, 4.69) is 33.0 Å². The molecule has 0 aliphatic rings. The van der Waals surface area contributed by atoms with Crippen LogP contribution in [0, 0.1) is 17.2 Å². The Balaban J connectivity index is 2.73. The third-order valence-corrected chi connectivity index (χ3v) is 3.81. The van der Waals surface area contributed by atoms with Crippen molar-refractivity contribution in [1.82, 2.24) is 5.32 Å². The van der Waals surface area contributed by atoms with Crippen molar-refractivity contribution < 1.29 is 4.39 Å². The summed E-state index contributed by atoms with van der Waals surface area (Å²) in [7, 11) is 0. The number of halogens is 2. The molecule has 19 heavy (non-hydrogen) atoms. The lowest BCUT2D eigenvalue weighted by Crippen LogP contribution is -2.33. The van der Waals surface area contributed by atoms with E-state index in [1.807, 2.05) is 6.07 Å². The molecule has 0 spiro atoms. The minimum atomic E-state index is -0.326. The standard InChI is InChI=1S/C16H25ClFN/c1-5-8-19-11-13(16(2,3)4)9-12-6-7-14(17)15(18)10-12/h6-7,10,13,19H,5,8-9,11H2,1-4H3. The normalized spacial score (nSPS) is 13.6. The Hall–Kier alpha value is -0.600. The van der Waals surface area contributed by atoms with Crippen LogP contribution >= 0.6 is 11.6 Å². The van der Waals surface area contributed by atoms with E-state index in [-0.39, 0.29) is 16.3 Å². The number of hydrogen-bond donors (Lipinski definition) is 1. The lowest BCUT2D eigenvalue weighted by Gasteiger charge is -2.31. The van der Waals surface area contributed by atoms with Gasteiger partial charge in [-0.3, -0.25) is 0 Å². The summed E-state index contributed by atoms with van der Waals surface area (Å²) in [4.78, 5) is 0. The van der Waals surface area contributed by atoms with E-state index in [0.717, 1.165) is 31.5 Å². The lowest BCUT2D eigenvalue weighted by atomic mass is 9.77. The lowest BCUT2D eigenvalue weighted by molar-refractivity contribution is 0.231. The molecule has 1 atom stereocenters. The Morgan fingerprint density at radius 2 is 2.00 bits per heavy atom. The first kappa shape index (κ1) is 16.5. The van der Waals surface area contributed by atoms with Crippen molar-refractivity contribution in [2.24, 2.45) is 11.3 Å². The van der Waals surface area contributed by atoms with Crippen LogP contribution in [0.4, 0.5) is 4.39 Å². The fraction of sp³-hybridized carbons (Fsp3) is 0.625. The van der Waals surface area contributed by atoms with Gasteiger partial charge in [-0.25, -0.2) is 4.39 Å². The zero-order valence-corrected chi connectivity index (χ0v) is 13.1. The molecule has 1 nitrogen and oxygen atoms in total. The molecule has 3 heteroatoms. The van der Waals surface area contributed by atoms with Crippen molar-refractivity contribution in [3.8, 4) is 0 Å². The van der Waals surface area contributed by atoms with Crippen LogP contribution < -0.4 is 5.32 Å². The number of nitrogens with one attached hydrogen (secondary N) is 1. The Morgan fingerprint density at radius 3 is 2.53 bits per heavy atom. The molecule has 1 unspecified atom stereocenters. The third-order valence-electron chi connectivity index (χ3n) is 3.51. The van der Waals surface area contributed by atoms with Gasteiger partial charge in [-0.2, -0.15) is 0 Å². The molecular weight excluding hydrogens is 261 g/mol. The van der Waals surface area contributed by atoms with E-state index in [0.29, 0.717) is 5.92 Å². The molecule has 0 aliphatic heterocycles. The van der Waals surface area contributed by atoms with E-state index >= 15 is 0 Å². The first-order chi connectivity index (χ1) is 8.84. The predicted molar refractivity (Wildman–Crippen MR) is 81.2 cm³/mol. The first-order valence-electron chi connectivity index (χ1n) is 6.99. The van der Waals surface area contributed by atoms with Gasteiger partial charge in [0.25, 0.3) is 0 Å². The molecule has 1 aromatic carbocycles. The summed E-state index contributed by atoms with van der Waals surface area (Å²) < 4.78 is 13.5. The summed E-state index contributed by atoms with van der Waals surface area (Å²) in [5.41, 5.74) is 1.21. The summed E-state index contributed by atoms with van der Waals surface area (Å²) >= 11 is 5.72. The van der Waals surface area contributed by atoms with Gasteiger partial charge >= 0.3 is 0 Å². The van der Waals surface area contributed by atoms with Crippen LogP contribution in [0.2, 0.25) is 5.02 Å². The van der Waals surface area contributed by atoms with E-state index in [1.165, 1.54) is 0 Å². The highest BCUT2D eigenvalue weighted by Gasteiger charge is 2.24. The van der Waals surface area contributed by atoms with Gasteiger partial charge in [0, 0.05) is 0 Å². The summed E-state index contributed by atoms with van der Waals surface area (Å²) in [5, 5.41) is 3.66. The zero-order valence-electron chi connectivity index (χ0n) is 12.4. The van der Waals surface area contributed by atoms with Crippen molar-refractivity contribution in [3.63, 3.8) is 0 Å². The highest BCUT2D eigenvalue weighted by atomic mass is 35.5. The predicted octanol–water partition coefficient (Wildman–Crippen LogP) is 4.68. The molecule has 1 aromatic rings. The molecule has 0 aromatic heterocycles. The molecule has 0 amide bonds. The van der Waals surface area contributed by atoms with Gasteiger partial charge in [0.05, 0.1) is 5.02 Å². The number of hydrogen-bond acceptors (Lipinski definition) is 1. The van der Waals surface area contributed by atoms with E-state index in [9.17, 15) is 4.39 Å². The molecule has 0 saturated carbocycles. The first-order valence-corrected chi connectivity index (χ1v) is 7.37. The quantitative estimate of drug-likeness (QED) is 0.748. The van der Waals surface area contributed by atoms with Crippen molar-refractivity contribution in [1.29, 1.82) is 0 Å². The second kappa shape index (κ2) is 7.25. The van der Waals surface area contributed by atoms with E-state index in [4.69, 9.17) is 11.6 Å². The highest BCUT2D eigenvalue weighted by Crippen LogP contribution is 2.29. The minimum absolute atomic E-state index is 0.191. The van der Waals surface area contributed by atoms with Crippen molar-refractivity contribution in [2.45, 2.75) is 40.5 Å². The van der Waals surface area contributed by atoms with Crippen molar-refractivity contribution in [3.05, 3.63) is 34.6 Å². The number of rotatable bonds is 6. The van der Waals surface area contributed by atoms with Crippen molar-refractivity contribution in [2.75, 3.05) is 13.1 Å². The number of benzene rings is 1. The fourth-order valence-corrected chi connectivity index (χ4v) is 2.21. The third kappa shape index (κ3) is 5.50. The van der Waals surface area contributed by atoms with Crippen LogP contribution in [0.25, 0.3) is 0 Å². The Kier molecular flexibility index (Phi) is 6.28. The van der Waals surface area contributed by atoms with Gasteiger partial charge in [-0.1, -0.05) is 45.4 Å². The van der Waals surface area contributed by atoms with Crippen LogP contribution in [0.3, 0.4) is 0 Å². The van der Waals surface area contributed by atoms with Crippen LogP contribution in [0.5, 0.6) is 0 Å². The van der Waals surface area contributed by atoms with E-state index < -0.39 is 0 Å². The highest BCUT2D eigenvalue weighted by molar-refractivity contribution is 6.30. The largest absolute Gasteiger partial charge is 0.316 e. The van der Waals surface area contributed by atoms with Gasteiger partial charge in [0.15, 0.2) is 0 Å². The molecule has 0 aliphatic carbocycles. The second-order valence-electron chi connectivity index (χ2n) is 6.22. The van der Waals surface area contributed by atoms with Gasteiger partial charge in [0.1, 0.15) is 5.82 Å². The topological polar surface area (TPSA) is 12.0 Å². The molecule has 0 radical (unpaired) electrons. The molecule has 0 fully saturated rings. The van der Waals surface area contributed by atoms with Crippen LogP contribution in [0.1, 0.15) is 39.7 Å². The molecule has 1 N–H and O–H groups in total. The molecule has 0 heterocycles. The van der Waals surface area contributed by atoms with Crippen LogP contribution in [-0.4, -0.2) is 13.1 Å². The molecule has 0 saturated heterocycles. The summed E-state index contributed by atoms with van der Waals surface area (Å²) in [6.07, 6.45) is 2.00. The maximum Gasteiger partial charge on any atom is 0.142 e. The Labute approximate surface area is 121 Å². The Morgan fingerprint density at radius 1 is 1.32 bits per heavy atom. The van der Waals surface area contributed by atoms with Crippen LogP contribution in [0.15, 0.2) is 18.2 Å². The van der Waals surface area contributed by atoms with Gasteiger partial charge in [-0.15, -0.1) is 0 Å². The van der Waals surface area contributed by atoms with Gasteiger partial charge in [0.2, 0.25) is 0 Å². The molecular formula is C16H25ClFN. The average Bonchev–Trinajstić information content (AvgIpc) is 2.31. The summed E-state index contributed by atoms with van der Waals surface area (Å²) in [5.74, 6) is 0.146. The van der Waals surface area contributed by atoms with Gasteiger partial charge < -0.3 is 5.32 Å². The molecule has 1 rings (SSSR count). The fourth-order valence-electron chi connectivity index (χ4n) is 2.09. The maximum absolute atomic E-state index is 13.5. The maximum atomic E-state index is 13.5. The minimum Gasteiger partial charge on any atom is -0.316 e. The SMILES string of the molecule is CCCNCC(Cc1ccc(Cl)c(F)c1)C(C)(C)C. The Bertz CT molecular complexity index is 398. The smallest absolute Gasteiger partial charge is 0.142 e. The molecule has 108 valence electrons. The second-order valence-corrected chi connectivity index (χ2v) is 6.63. The average molecular weight is 286 g/mol. The molecule has 0 bridgehead atoms. The van der Waals surface area contributed by atoms with Crippen molar-refractivity contribution >= 4 is 11.6 Å². The monoisotopic (exact) mass is 285 g/mol. The van der Waals surface area contributed by atoms with Crippen LogP contribution in [-0.2, 0) is 6.42 Å². The zero-order chi connectivity index (χ0) is 14.5. The summed E-state index contributed by atoms with van der Waals surface area (Å²) in [6, 6.07) is 5.12. The van der Waals surface area contributed by atoms with E-state index in [1.54, 1.807) is 12.1 Å². The summed E-state index contributed by atoms with van der Waals surface area (Å²) in [6.45, 7) is 10.9.